The van der Waals surface area contributed by atoms with Crippen LogP contribution in [0.15, 0.2) is 18.2 Å². The lowest BCUT2D eigenvalue weighted by Crippen LogP contribution is -2.30. The Morgan fingerprint density at radius 1 is 1.36 bits per heavy atom. The monoisotopic (exact) mass is 194 g/mol. The molecule has 4 heteroatoms. The van der Waals surface area contributed by atoms with Gasteiger partial charge in [0.1, 0.15) is 5.82 Å². The van der Waals surface area contributed by atoms with Gasteiger partial charge in [-0.2, -0.15) is 0 Å². The van der Waals surface area contributed by atoms with Crippen molar-refractivity contribution in [3.05, 3.63) is 29.6 Å². The molecule has 2 N–H and O–H groups in total. The Bertz CT molecular complexity index is 361. The Labute approximate surface area is 82.5 Å². The average molecular weight is 194 g/mol. The van der Waals surface area contributed by atoms with Gasteiger partial charge >= 0.3 is 7.12 Å². The zero-order valence-corrected chi connectivity index (χ0v) is 8.00. The van der Waals surface area contributed by atoms with Crippen molar-refractivity contribution >= 4 is 12.6 Å². The van der Waals surface area contributed by atoms with Crippen LogP contribution in [0.25, 0.3) is 0 Å². The maximum atomic E-state index is 13.5. The van der Waals surface area contributed by atoms with E-state index in [-0.39, 0.29) is 16.7 Å². The number of hydrogen-bond donors (Lipinski definition) is 2. The maximum Gasteiger partial charge on any atom is 0.488 e. The van der Waals surface area contributed by atoms with Crippen LogP contribution in [0, 0.1) is 5.82 Å². The third-order valence-electron chi connectivity index (χ3n) is 2.94. The van der Waals surface area contributed by atoms with Gasteiger partial charge in [0.2, 0.25) is 0 Å². The van der Waals surface area contributed by atoms with Crippen molar-refractivity contribution in [3.63, 3.8) is 0 Å². The molecule has 1 fully saturated rings. The summed E-state index contributed by atoms with van der Waals surface area (Å²) in [6.45, 7) is 2.01. The van der Waals surface area contributed by atoms with Crippen LogP contribution in [-0.4, -0.2) is 17.2 Å². The fourth-order valence-corrected chi connectivity index (χ4v) is 1.64. The summed E-state index contributed by atoms with van der Waals surface area (Å²) in [5.41, 5.74) is 0.862. The van der Waals surface area contributed by atoms with E-state index in [0.29, 0.717) is 5.56 Å². The lowest BCUT2D eigenvalue weighted by Gasteiger charge is -2.11. The van der Waals surface area contributed by atoms with Crippen LogP contribution < -0.4 is 5.46 Å². The molecule has 1 aliphatic carbocycles. The van der Waals surface area contributed by atoms with Gasteiger partial charge in [0, 0.05) is 0 Å². The minimum Gasteiger partial charge on any atom is -0.423 e. The molecule has 0 unspecified atom stereocenters. The van der Waals surface area contributed by atoms with Gasteiger partial charge in [-0.3, -0.25) is 0 Å². The molecule has 0 atom stereocenters. The number of hydrogen-bond acceptors (Lipinski definition) is 2. The van der Waals surface area contributed by atoms with E-state index in [2.05, 4.69) is 0 Å². The smallest absolute Gasteiger partial charge is 0.423 e. The predicted molar refractivity (Wildman–Crippen MR) is 52.8 cm³/mol. The molecular weight excluding hydrogens is 182 g/mol. The molecule has 0 bridgehead atoms. The Balaban J connectivity index is 2.37. The van der Waals surface area contributed by atoms with E-state index in [4.69, 9.17) is 10.0 Å². The Morgan fingerprint density at radius 2 is 2.00 bits per heavy atom. The minimum absolute atomic E-state index is 0.0248. The van der Waals surface area contributed by atoms with Crippen LogP contribution in [0.4, 0.5) is 4.39 Å². The SMILES string of the molecule is CC1(c2ccc(B(O)O)cc2F)CC1. The summed E-state index contributed by atoms with van der Waals surface area (Å²) < 4.78 is 13.5. The molecule has 1 aromatic carbocycles. The number of halogens is 1. The molecule has 1 saturated carbocycles. The molecule has 0 radical (unpaired) electrons. The highest BCUT2D eigenvalue weighted by Gasteiger charge is 2.41. The van der Waals surface area contributed by atoms with Gasteiger partial charge in [0.15, 0.2) is 0 Å². The number of rotatable bonds is 2. The van der Waals surface area contributed by atoms with E-state index in [0.717, 1.165) is 12.8 Å². The summed E-state index contributed by atoms with van der Waals surface area (Å²) in [6.07, 6.45) is 2.01. The zero-order valence-electron chi connectivity index (χ0n) is 8.00. The highest BCUT2D eigenvalue weighted by molar-refractivity contribution is 6.58. The highest BCUT2D eigenvalue weighted by atomic mass is 19.1. The van der Waals surface area contributed by atoms with Crippen molar-refractivity contribution in [2.45, 2.75) is 25.2 Å². The molecule has 74 valence electrons. The average Bonchev–Trinajstić information content (AvgIpc) is 2.84. The third-order valence-corrected chi connectivity index (χ3v) is 2.94. The molecular formula is C10H12BFO2. The molecule has 0 amide bonds. The molecule has 0 aromatic heterocycles. The van der Waals surface area contributed by atoms with Gasteiger partial charge in [-0.05, 0) is 35.3 Å². The van der Waals surface area contributed by atoms with Crippen LogP contribution in [0.3, 0.4) is 0 Å². The van der Waals surface area contributed by atoms with Gasteiger partial charge in [0.05, 0.1) is 0 Å². The van der Waals surface area contributed by atoms with E-state index in [1.807, 2.05) is 6.92 Å². The lowest BCUT2D eigenvalue weighted by atomic mass is 9.79. The van der Waals surface area contributed by atoms with E-state index >= 15 is 0 Å². The molecule has 14 heavy (non-hydrogen) atoms. The first-order valence-electron chi connectivity index (χ1n) is 4.69. The number of benzene rings is 1. The van der Waals surface area contributed by atoms with Crippen LogP contribution in [0.1, 0.15) is 25.3 Å². The van der Waals surface area contributed by atoms with Crippen molar-refractivity contribution in [3.8, 4) is 0 Å². The van der Waals surface area contributed by atoms with E-state index in [1.165, 1.54) is 6.07 Å². The molecule has 0 spiro atoms. The van der Waals surface area contributed by atoms with Crippen molar-refractivity contribution in [1.82, 2.24) is 0 Å². The van der Waals surface area contributed by atoms with E-state index in [9.17, 15) is 4.39 Å². The molecule has 0 aliphatic heterocycles. The zero-order chi connectivity index (χ0) is 10.3. The van der Waals surface area contributed by atoms with E-state index < -0.39 is 7.12 Å². The third kappa shape index (κ3) is 1.55. The van der Waals surface area contributed by atoms with Crippen LogP contribution >= 0.6 is 0 Å². The summed E-state index contributed by atoms with van der Waals surface area (Å²) in [6, 6.07) is 4.41. The maximum absolute atomic E-state index is 13.5. The summed E-state index contributed by atoms with van der Waals surface area (Å²) in [5.74, 6) is -0.337. The fourth-order valence-electron chi connectivity index (χ4n) is 1.64. The largest absolute Gasteiger partial charge is 0.488 e. The summed E-state index contributed by atoms with van der Waals surface area (Å²) in [7, 11) is -1.59. The Kier molecular flexibility index (Phi) is 2.12. The van der Waals surface area contributed by atoms with Gasteiger partial charge in [-0.15, -0.1) is 0 Å². The summed E-state index contributed by atoms with van der Waals surface area (Å²) >= 11 is 0. The van der Waals surface area contributed by atoms with Gasteiger partial charge in [0.25, 0.3) is 0 Å². The molecule has 1 aliphatic rings. The van der Waals surface area contributed by atoms with Crippen molar-refractivity contribution < 1.29 is 14.4 Å². The van der Waals surface area contributed by atoms with Crippen LogP contribution in [-0.2, 0) is 5.41 Å². The van der Waals surface area contributed by atoms with Crippen molar-refractivity contribution in [1.29, 1.82) is 0 Å². The minimum atomic E-state index is -1.59. The normalized spacial score (nSPS) is 18.0. The first-order valence-corrected chi connectivity index (χ1v) is 4.69. The van der Waals surface area contributed by atoms with Gasteiger partial charge in [-0.25, -0.2) is 4.39 Å². The Hall–Kier alpha value is -0.865. The molecule has 0 heterocycles. The van der Waals surface area contributed by atoms with Crippen LogP contribution in [0.2, 0.25) is 0 Å². The second-order valence-corrected chi connectivity index (χ2v) is 4.17. The molecule has 2 nitrogen and oxygen atoms in total. The summed E-state index contributed by atoms with van der Waals surface area (Å²) in [5, 5.41) is 17.7. The quantitative estimate of drug-likeness (QED) is 0.675. The molecule has 2 rings (SSSR count). The Morgan fingerprint density at radius 3 is 2.43 bits per heavy atom. The van der Waals surface area contributed by atoms with Gasteiger partial charge in [-0.1, -0.05) is 19.1 Å². The standard InChI is InChI=1S/C10H12BFO2/c1-10(4-5-10)8-3-2-7(11(13)14)6-9(8)12/h2-3,6,13-14H,4-5H2,1H3. The van der Waals surface area contributed by atoms with Crippen molar-refractivity contribution in [2.24, 2.45) is 0 Å². The fraction of sp³-hybridized carbons (Fsp3) is 0.400. The topological polar surface area (TPSA) is 40.5 Å². The second kappa shape index (κ2) is 3.07. The first kappa shape index (κ1) is 9.68. The molecule has 1 aromatic rings. The first-order chi connectivity index (χ1) is 6.53. The van der Waals surface area contributed by atoms with E-state index in [1.54, 1.807) is 12.1 Å². The lowest BCUT2D eigenvalue weighted by molar-refractivity contribution is 0.425. The summed E-state index contributed by atoms with van der Waals surface area (Å²) in [4.78, 5) is 0. The van der Waals surface area contributed by atoms with Crippen LogP contribution in [0.5, 0.6) is 0 Å². The van der Waals surface area contributed by atoms with Crippen molar-refractivity contribution in [2.75, 3.05) is 0 Å². The predicted octanol–water partition coefficient (Wildman–Crippen LogP) is 0.557. The molecule has 0 saturated heterocycles. The van der Waals surface area contributed by atoms with Gasteiger partial charge < -0.3 is 10.0 Å². The highest BCUT2D eigenvalue weighted by Crippen LogP contribution is 2.48. The second-order valence-electron chi connectivity index (χ2n) is 4.17.